The number of rotatable bonds is 4. The number of benzene rings is 1. The van der Waals surface area contributed by atoms with Crippen molar-refractivity contribution in [3.05, 3.63) is 47.9 Å². The lowest BCUT2D eigenvalue weighted by molar-refractivity contribution is 0.102. The normalized spacial score (nSPS) is 10.5. The lowest BCUT2D eigenvalue weighted by atomic mass is 10.3. The van der Waals surface area contributed by atoms with Gasteiger partial charge in [0.1, 0.15) is 23.1 Å². The fraction of sp³-hybridized carbons (Fsp3) is 0.214. The average Bonchev–Trinajstić information content (AvgIpc) is 2.42. The quantitative estimate of drug-likeness (QED) is 0.909. The van der Waals surface area contributed by atoms with Crippen molar-refractivity contribution in [3.8, 4) is 0 Å². The molecule has 0 spiro atoms. The van der Waals surface area contributed by atoms with Crippen molar-refractivity contribution in [1.29, 1.82) is 0 Å². The summed E-state index contributed by atoms with van der Waals surface area (Å²) in [4.78, 5) is 19.9. The van der Waals surface area contributed by atoms with Gasteiger partial charge in [-0.05, 0) is 26.0 Å². The molecule has 0 saturated carbocycles. The lowest BCUT2D eigenvalue weighted by Crippen LogP contribution is -2.16. The second-order valence-electron chi connectivity index (χ2n) is 4.66. The van der Waals surface area contributed by atoms with Gasteiger partial charge >= 0.3 is 0 Å². The average molecular weight is 292 g/mol. The molecule has 2 aromatic rings. The van der Waals surface area contributed by atoms with Gasteiger partial charge in [-0.1, -0.05) is 0 Å². The van der Waals surface area contributed by atoms with Crippen molar-refractivity contribution in [2.24, 2.45) is 0 Å². The van der Waals surface area contributed by atoms with E-state index in [1.54, 1.807) is 0 Å². The highest BCUT2D eigenvalue weighted by Gasteiger charge is 2.12. The van der Waals surface area contributed by atoms with Crippen molar-refractivity contribution in [2.45, 2.75) is 19.9 Å². The second-order valence-corrected chi connectivity index (χ2v) is 4.66. The van der Waals surface area contributed by atoms with Gasteiger partial charge in [0.2, 0.25) is 0 Å². The van der Waals surface area contributed by atoms with E-state index in [1.165, 1.54) is 12.4 Å². The molecule has 5 nitrogen and oxygen atoms in total. The van der Waals surface area contributed by atoms with Gasteiger partial charge in [0.25, 0.3) is 5.91 Å². The summed E-state index contributed by atoms with van der Waals surface area (Å²) < 4.78 is 26.2. The molecule has 7 heteroatoms. The summed E-state index contributed by atoms with van der Waals surface area (Å²) in [5, 5.41) is 5.34. The van der Waals surface area contributed by atoms with Gasteiger partial charge in [-0.3, -0.25) is 4.79 Å². The predicted molar refractivity (Wildman–Crippen MR) is 75.1 cm³/mol. The maximum Gasteiger partial charge on any atom is 0.275 e. The highest BCUT2D eigenvalue weighted by molar-refractivity contribution is 6.02. The summed E-state index contributed by atoms with van der Waals surface area (Å²) in [6, 6.07) is 3.08. The van der Waals surface area contributed by atoms with E-state index >= 15 is 0 Å². The van der Waals surface area contributed by atoms with Crippen molar-refractivity contribution < 1.29 is 13.6 Å². The summed E-state index contributed by atoms with van der Waals surface area (Å²) in [5.41, 5.74) is -0.0828. The SMILES string of the molecule is CC(C)Nc1cnc(C(=O)Nc2ccc(F)cc2F)cn1. The summed E-state index contributed by atoms with van der Waals surface area (Å²) >= 11 is 0. The third-order valence-electron chi connectivity index (χ3n) is 2.50. The molecule has 1 aromatic carbocycles. The molecule has 0 radical (unpaired) electrons. The van der Waals surface area contributed by atoms with Crippen LogP contribution in [0.15, 0.2) is 30.6 Å². The Morgan fingerprint density at radius 3 is 2.52 bits per heavy atom. The molecule has 21 heavy (non-hydrogen) atoms. The summed E-state index contributed by atoms with van der Waals surface area (Å²) in [6.45, 7) is 3.89. The van der Waals surface area contributed by atoms with Crippen LogP contribution >= 0.6 is 0 Å². The van der Waals surface area contributed by atoms with Crippen LogP contribution in [0, 0.1) is 11.6 Å². The minimum atomic E-state index is -0.852. The van der Waals surface area contributed by atoms with Crippen LogP contribution in [-0.2, 0) is 0 Å². The Labute approximate surface area is 120 Å². The summed E-state index contributed by atoms with van der Waals surface area (Å²) in [5.74, 6) is -1.65. The second kappa shape index (κ2) is 6.25. The number of carbonyl (C=O) groups is 1. The Hall–Kier alpha value is -2.57. The molecular formula is C14H14F2N4O. The van der Waals surface area contributed by atoms with Crippen LogP contribution in [0.5, 0.6) is 0 Å². The van der Waals surface area contributed by atoms with Gasteiger partial charge < -0.3 is 10.6 Å². The first-order valence-corrected chi connectivity index (χ1v) is 6.30. The number of anilines is 2. The maximum absolute atomic E-state index is 13.4. The van der Waals surface area contributed by atoms with E-state index in [1.807, 2.05) is 13.8 Å². The van der Waals surface area contributed by atoms with E-state index in [2.05, 4.69) is 20.6 Å². The van der Waals surface area contributed by atoms with Crippen molar-refractivity contribution in [2.75, 3.05) is 10.6 Å². The van der Waals surface area contributed by atoms with E-state index in [-0.39, 0.29) is 17.4 Å². The standard InChI is InChI=1S/C14H14F2N4O/c1-8(2)19-13-7-17-12(6-18-13)14(21)20-11-4-3-9(15)5-10(11)16/h3-8H,1-2H3,(H,18,19)(H,20,21). The van der Waals surface area contributed by atoms with Crippen LogP contribution in [0.3, 0.4) is 0 Å². The predicted octanol–water partition coefficient (Wildman–Crippen LogP) is 2.83. The van der Waals surface area contributed by atoms with E-state index < -0.39 is 17.5 Å². The Morgan fingerprint density at radius 1 is 1.19 bits per heavy atom. The number of carbonyl (C=O) groups excluding carboxylic acids is 1. The number of aromatic nitrogens is 2. The summed E-state index contributed by atoms with van der Waals surface area (Å²) in [7, 11) is 0. The Bertz CT molecular complexity index is 644. The highest BCUT2D eigenvalue weighted by Crippen LogP contribution is 2.15. The van der Waals surface area contributed by atoms with Gasteiger partial charge in [-0.2, -0.15) is 0 Å². The molecule has 0 unspecified atom stereocenters. The molecule has 110 valence electrons. The molecule has 0 aliphatic carbocycles. The van der Waals surface area contributed by atoms with E-state index in [0.29, 0.717) is 11.9 Å². The van der Waals surface area contributed by atoms with Crippen LogP contribution in [0.4, 0.5) is 20.3 Å². The van der Waals surface area contributed by atoms with Gasteiger partial charge in [-0.25, -0.2) is 18.7 Å². The Balaban J connectivity index is 2.09. The minimum Gasteiger partial charge on any atom is -0.367 e. The summed E-state index contributed by atoms with van der Waals surface area (Å²) in [6.07, 6.45) is 2.69. The zero-order chi connectivity index (χ0) is 15.4. The van der Waals surface area contributed by atoms with Crippen LogP contribution in [0.2, 0.25) is 0 Å². The zero-order valence-electron chi connectivity index (χ0n) is 11.5. The van der Waals surface area contributed by atoms with Gasteiger partial charge in [0.15, 0.2) is 0 Å². The zero-order valence-corrected chi connectivity index (χ0v) is 11.5. The number of nitrogens with one attached hydrogen (secondary N) is 2. The molecule has 2 rings (SSSR count). The number of hydrogen-bond donors (Lipinski definition) is 2. The third-order valence-corrected chi connectivity index (χ3v) is 2.50. The van der Waals surface area contributed by atoms with Gasteiger partial charge in [0.05, 0.1) is 18.1 Å². The molecule has 0 aliphatic rings. The van der Waals surface area contributed by atoms with Crippen molar-refractivity contribution >= 4 is 17.4 Å². The molecular weight excluding hydrogens is 278 g/mol. The highest BCUT2D eigenvalue weighted by atomic mass is 19.1. The first-order chi connectivity index (χ1) is 9.95. The van der Waals surface area contributed by atoms with E-state index in [0.717, 1.165) is 12.1 Å². The monoisotopic (exact) mass is 292 g/mol. The number of halogens is 2. The van der Waals surface area contributed by atoms with Crippen LogP contribution in [0.1, 0.15) is 24.3 Å². The molecule has 0 aliphatic heterocycles. The largest absolute Gasteiger partial charge is 0.367 e. The Kier molecular flexibility index (Phi) is 4.42. The molecule has 0 saturated heterocycles. The van der Waals surface area contributed by atoms with Gasteiger partial charge in [-0.15, -0.1) is 0 Å². The molecule has 0 bridgehead atoms. The van der Waals surface area contributed by atoms with Crippen LogP contribution in [0.25, 0.3) is 0 Å². The number of amides is 1. The van der Waals surface area contributed by atoms with Crippen molar-refractivity contribution in [1.82, 2.24) is 9.97 Å². The smallest absolute Gasteiger partial charge is 0.275 e. The van der Waals surface area contributed by atoms with Crippen LogP contribution < -0.4 is 10.6 Å². The maximum atomic E-state index is 13.4. The first-order valence-electron chi connectivity index (χ1n) is 6.30. The minimum absolute atomic E-state index is 0.0352. The van der Waals surface area contributed by atoms with E-state index in [9.17, 15) is 13.6 Å². The van der Waals surface area contributed by atoms with Crippen molar-refractivity contribution in [3.63, 3.8) is 0 Å². The number of hydrogen-bond acceptors (Lipinski definition) is 4. The van der Waals surface area contributed by atoms with E-state index in [4.69, 9.17) is 0 Å². The molecule has 0 fully saturated rings. The molecule has 1 aromatic heterocycles. The number of nitrogens with zero attached hydrogens (tertiary/aromatic N) is 2. The topological polar surface area (TPSA) is 66.9 Å². The third kappa shape index (κ3) is 3.95. The fourth-order valence-corrected chi connectivity index (χ4v) is 1.59. The molecule has 0 atom stereocenters. The Morgan fingerprint density at radius 2 is 1.95 bits per heavy atom. The van der Waals surface area contributed by atoms with Gasteiger partial charge in [0, 0.05) is 12.1 Å². The lowest BCUT2D eigenvalue weighted by Gasteiger charge is -2.09. The molecule has 1 heterocycles. The first kappa shape index (κ1) is 14.8. The molecule has 1 amide bonds. The van der Waals surface area contributed by atoms with Crippen LogP contribution in [-0.4, -0.2) is 21.9 Å². The molecule has 2 N–H and O–H groups in total. The fourth-order valence-electron chi connectivity index (χ4n) is 1.59.